The molecule has 0 aromatic carbocycles. The first-order valence-electron chi connectivity index (χ1n) is 10.7. The smallest absolute Gasteiger partial charge is 0.335 e. The molecule has 1 aliphatic rings. The zero-order valence-electron chi connectivity index (χ0n) is 19.2. The predicted octanol–water partition coefficient (Wildman–Crippen LogP) is -1.94. The van der Waals surface area contributed by atoms with Crippen molar-refractivity contribution in [1.29, 1.82) is 0 Å². The molecule has 1 rings (SSSR count). The molecule has 0 aliphatic carbocycles. The lowest BCUT2D eigenvalue weighted by molar-refractivity contribution is -0.253. The summed E-state index contributed by atoms with van der Waals surface area (Å²) in [4.78, 5) is 46.6. The minimum absolute atomic E-state index is 0.0125. The minimum Gasteiger partial charge on any atom is -0.481 e. The number of carboxylic acid groups (broad SMARTS) is 2. The molecule has 1 fully saturated rings. The van der Waals surface area contributed by atoms with Crippen LogP contribution < -0.4 is 10.6 Å². The van der Waals surface area contributed by atoms with Crippen molar-refractivity contribution in [3.8, 4) is 0 Å². The number of ketones is 1. The molecule has 6 N–H and O–H groups in total. The molecule has 0 bridgehead atoms. The number of aliphatic hydroxyl groups is 2. The van der Waals surface area contributed by atoms with Crippen LogP contribution in [-0.4, -0.2) is 120 Å². The van der Waals surface area contributed by atoms with Crippen molar-refractivity contribution < 1.29 is 53.8 Å². The molecule has 0 saturated carbocycles. The van der Waals surface area contributed by atoms with Gasteiger partial charge in [-0.2, -0.15) is 11.8 Å². The summed E-state index contributed by atoms with van der Waals surface area (Å²) in [5.41, 5.74) is 0. The maximum Gasteiger partial charge on any atom is 0.335 e. The number of Topliss-reactive ketones (excluding diaryl/α,β-unsaturated/α-hetero) is 1. The number of rotatable bonds is 17. The molecule has 3 unspecified atom stereocenters. The van der Waals surface area contributed by atoms with Crippen molar-refractivity contribution in [1.82, 2.24) is 10.6 Å². The zero-order chi connectivity index (χ0) is 25.7. The zero-order valence-corrected chi connectivity index (χ0v) is 20.0. The van der Waals surface area contributed by atoms with Gasteiger partial charge in [0.1, 0.15) is 6.10 Å². The Morgan fingerprint density at radius 3 is 2.44 bits per heavy atom. The Bertz CT molecular complexity index is 681. The molecule has 0 aromatic rings. The van der Waals surface area contributed by atoms with Gasteiger partial charge in [0.05, 0.1) is 37.9 Å². The van der Waals surface area contributed by atoms with E-state index in [1.54, 1.807) is 13.3 Å². The van der Waals surface area contributed by atoms with Crippen LogP contribution in [-0.2, 0) is 33.4 Å². The van der Waals surface area contributed by atoms with Gasteiger partial charge in [-0.25, -0.2) is 4.79 Å². The summed E-state index contributed by atoms with van der Waals surface area (Å²) >= 11 is 1.34. The molecule has 1 amide bonds. The maximum atomic E-state index is 12.3. The Balaban J connectivity index is 2.24. The van der Waals surface area contributed by atoms with Crippen LogP contribution in [0, 0.1) is 5.92 Å². The third kappa shape index (κ3) is 10.6. The van der Waals surface area contributed by atoms with E-state index in [0.717, 1.165) is 0 Å². The van der Waals surface area contributed by atoms with Crippen LogP contribution in [0.15, 0.2) is 0 Å². The van der Waals surface area contributed by atoms with Gasteiger partial charge in [0, 0.05) is 31.6 Å². The highest BCUT2D eigenvalue weighted by Gasteiger charge is 2.41. The van der Waals surface area contributed by atoms with E-state index in [2.05, 4.69) is 10.6 Å². The number of aliphatic hydroxyl groups excluding tert-OH is 2. The van der Waals surface area contributed by atoms with Crippen molar-refractivity contribution in [2.45, 2.75) is 49.9 Å². The van der Waals surface area contributed by atoms with Crippen LogP contribution in [0.25, 0.3) is 0 Å². The fraction of sp³-hybridized carbons (Fsp3) is 0.800. The Morgan fingerprint density at radius 1 is 1.15 bits per heavy atom. The van der Waals surface area contributed by atoms with Crippen LogP contribution in [0.3, 0.4) is 0 Å². The summed E-state index contributed by atoms with van der Waals surface area (Å²) < 4.78 is 15.7. The third-order valence-electron chi connectivity index (χ3n) is 5.09. The number of carbonyl (C=O) groups excluding carboxylic acids is 2. The molecule has 0 spiro atoms. The number of hydrogen-bond acceptors (Lipinski definition) is 11. The molecular formula is C20H34N2O11S. The summed E-state index contributed by atoms with van der Waals surface area (Å²) in [5.74, 6) is -3.57. The number of hydrogen-bond donors (Lipinski definition) is 6. The average molecular weight is 511 g/mol. The van der Waals surface area contributed by atoms with E-state index in [-0.39, 0.29) is 57.3 Å². The van der Waals surface area contributed by atoms with Crippen LogP contribution in [0.2, 0.25) is 0 Å². The molecule has 1 heterocycles. The van der Waals surface area contributed by atoms with Gasteiger partial charge in [-0.1, -0.05) is 0 Å². The Kier molecular flexibility index (Phi) is 14.2. The molecule has 1 aliphatic heterocycles. The van der Waals surface area contributed by atoms with E-state index in [0.29, 0.717) is 5.75 Å². The number of carboxylic acids is 2. The van der Waals surface area contributed by atoms with Crippen LogP contribution >= 0.6 is 11.8 Å². The fourth-order valence-electron chi connectivity index (χ4n) is 3.14. The van der Waals surface area contributed by atoms with Gasteiger partial charge < -0.3 is 45.3 Å². The maximum absolute atomic E-state index is 12.3. The SMILES string of the molecule is CN[C@@H](CNC(=O)CCOCCOC1C[C@@H](O)C(O)C(C(=O)O)O1)C(=O)C[C@H](CSC)C(=O)O. The Hall–Kier alpha value is -1.81. The van der Waals surface area contributed by atoms with Gasteiger partial charge in [0.2, 0.25) is 5.91 Å². The summed E-state index contributed by atoms with van der Waals surface area (Å²) in [6.45, 7) is 0.166. The van der Waals surface area contributed by atoms with E-state index in [9.17, 15) is 34.5 Å². The second kappa shape index (κ2) is 16.0. The van der Waals surface area contributed by atoms with Crippen molar-refractivity contribution in [2.75, 3.05) is 45.4 Å². The van der Waals surface area contributed by atoms with Gasteiger partial charge >= 0.3 is 11.9 Å². The lowest BCUT2D eigenvalue weighted by atomic mass is 10.00. The van der Waals surface area contributed by atoms with Gasteiger partial charge in [-0.3, -0.25) is 14.4 Å². The summed E-state index contributed by atoms with van der Waals surface area (Å²) in [6, 6.07) is -0.707. The fourth-order valence-corrected chi connectivity index (χ4v) is 3.80. The first-order chi connectivity index (χ1) is 16.1. The first kappa shape index (κ1) is 30.2. The number of thioether (sulfide) groups is 1. The highest BCUT2D eigenvalue weighted by Crippen LogP contribution is 2.21. The Morgan fingerprint density at radius 2 is 1.85 bits per heavy atom. The number of carbonyl (C=O) groups is 4. The number of likely N-dealkylation sites (N-methyl/N-ethyl adjacent to an activating group) is 1. The van der Waals surface area contributed by atoms with Crippen molar-refractivity contribution in [3.63, 3.8) is 0 Å². The Labute approximate surface area is 201 Å². The van der Waals surface area contributed by atoms with Crippen molar-refractivity contribution >= 4 is 35.4 Å². The molecule has 6 atom stereocenters. The second-order valence-corrected chi connectivity index (χ2v) is 8.57. The molecule has 34 heavy (non-hydrogen) atoms. The molecule has 0 radical (unpaired) electrons. The largest absolute Gasteiger partial charge is 0.481 e. The van der Waals surface area contributed by atoms with E-state index in [1.165, 1.54) is 11.8 Å². The first-order valence-corrected chi connectivity index (χ1v) is 12.1. The molecule has 13 nitrogen and oxygen atoms in total. The monoisotopic (exact) mass is 510 g/mol. The van der Waals surface area contributed by atoms with E-state index < -0.39 is 48.5 Å². The summed E-state index contributed by atoms with van der Waals surface area (Å²) in [5, 5.41) is 42.9. The topological polar surface area (TPSA) is 201 Å². The second-order valence-electron chi connectivity index (χ2n) is 7.66. The van der Waals surface area contributed by atoms with E-state index in [4.69, 9.17) is 19.3 Å². The number of aliphatic carboxylic acids is 2. The lowest BCUT2D eigenvalue weighted by Gasteiger charge is -2.34. The van der Waals surface area contributed by atoms with Gasteiger partial charge in [0.15, 0.2) is 18.2 Å². The van der Waals surface area contributed by atoms with E-state index >= 15 is 0 Å². The standard InChI is InChI=1S/C20H34N2O11S/c1-21-12(13(23)7-11(10-34-2)19(27)28)9-22-15(25)3-4-31-5-6-32-16-8-14(24)17(26)18(33-16)20(29)30/h11-12,14,16-18,21,24,26H,3-10H2,1-2H3,(H,22,25)(H,27,28)(H,29,30)/t11-,12+,14-,16?,17?,18?/m1/s1. The third-order valence-corrected chi connectivity index (χ3v) is 5.83. The summed E-state index contributed by atoms with van der Waals surface area (Å²) in [7, 11) is 1.55. The molecule has 1 saturated heterocycles. The van der Waals surface area contributed by atoms with Gasteiger partial charge in [-0.15, -0.1) is 0 Å². The van der Waals surface area contributed by atoms with Crippen LogP contribution in [0.1, 0.15) is 19.3 Å². The average Bonchev–Trinajstić information content (AvgIpc) is 2.78. The van der Waals surface area contributed by atoms with Gasteiger partial charge in [-0.05, 0) is 13.3 Å². The number of ether oxygens (including phenoxy) is 3. The normalized spacial score (nSPS) is 24.2. The predicted molar refractivity (Wildman–Crippen MR) is 119 cm³/mol. The van der Waals surface area contributed by atoms with Crippen molar-refractivity contribution in [2.24, 2.45) is 5.92 Å². The highest BCUT2D eigenvalue weighted by molar-refractivity contribution is 7.98. The number of nitrogens with one attached hydrogen (secondary N) is 2. The molecule has 196 valence electrons. The summed E-state index contributed by atoms with van der Waals surface area (Å²) in [6.07, 6.45) is -3.89. The molecule has 14 heteroatoms. The van der Waals surface area contributed by atoms with Crippen LogP contribution in [0.5, 0.6) is 0 Å². The highest BCUT2D eigenvalue weighted by atomic mass is 32.2. The van der Waals surface area contributed by atoms with Gasteiger partial charge in [0.25, 0.3) is 0 Å². The minimum atomic E-state index is -1.59. The number of amides is 1. The van der Waals surface area contributed by atoms with Crippen molar-refractivity contribution in [3.05, 3.63) is 0 Å². The van der Waals surface area contributed by atoms with E-state index in [1.807, 2.05) is 0 Å². The van der Waals surface area contributed by atoms with Crippen LogP contribution in [0.4, 0.5) is 0 Å². The quantitative estimate of drug-likeness (QED) is 0.118. The molecular weight excluding hydrogens is 476 g/mol. The lowest BCUT2D eigenvalue weighted by Crippen LogP contribution is -2.52. The molecule has 0 aromatic heterocycles.